The van der Waals surface area contributed by atoms with Gasteiger partial charge in [-0.1, -0.05) is 11.3 Å². The van der Waals surface area contributed by atoms with Gasteiger partial charge in [-0.2, -0.15) is 0 Å². The third kappa shape index (κ3) is 4.44. The van der Waals surface area contributed by atoms with Crippen LogP contribution in [0, 0.1) is 5.82 Å². The maximum atomic E-state index is 14.4. The van der Waals surface area contributed by atoms with Crippen molar-refractivity contribution in [3.8, 4) is 16.3 Å². The third-order valence-corrected chi connectivity index (χ3v) is 6.04. The molecule has 1 amide bonds. The van der Waals surface area contributed by atoms with Crippen LogP contribution in [0.25, 0.3) is 10.6 Å². The highest BCUT2D eigenvalue weighted by atomic mass is 32.1. The van der Waals surface area contributed by atoms with Crippen LogP contribution < -0.4 is 26.4 Å². The van der Waals surface area contributed by atoms with E-state index >= 15 is 0 Å². The fourth-order valence-electron chi connectivity index (χ4n) is 3.58. The van der Waals surface area contributed by atoms with Crippen molar-refractivity contribution >= 4 is 33.6 Å². The van der Waals surface area contributed by atoms with E-state index in [0.717, 1.165) is 36.4 Å². The Kier molecular flexibility index (Phi) is 6.01. The molecule has 1 aliphatic heterocycles. The number of carbonyl (C=O) groups excluding carboxylic acids is 1. The van der Waals surface area contributed by atoms with E-state index in [1.807, 2.05) is 6.07 Å². The molecule has 31 heavy (non-hydrogen) atoms. The Hall–Kier alpha value is -3.24. The van der Waals surface area contributed by atoms with E-state index in [9.17, 15) is 9.18 Å². The van der Waals surface area contributed by atoms with Crippen LogP contribution in [0.2, 0.25) is 0 Å². The van der Waals surface area contributed by atoms with E-state index in [2.05, 4.69) is 20.2 Å². The Balaban J connectivity index is 1.58. The highest BCUT2D eigenvalue weighted by Gasteiger charge is 2.23. The Morgan fingerprint density at radius 2 is 2.23 bits per heavy atom. The second-order valence-electron chi connectivity index (χ2n) is 7.27. The van der Waals surface area contributed by atoms with Gasteiger partial charge >= 0.3 is 0 Å². The molecule has 8 nitrogen and oxygen atoms in total. The molecule has 1 aromatic carbocycles. The van der Waals surface area contributed by atoms with Gasteiger partial charge in [0.2, 0.25) is 0 Å². The SMILES string of the molecule is COc1ccc(-c2nc(C(=O)Nc3cnccc3N3CCC[C@H](N)C3)c(N)s2)c(F)c1. The summed E-state index contributed by atoms with van der Waals surface area (Å²) < 4.78 is 19.4. The summed E-state index contributed by atoms with van der Waals surface area (Å²) in [6.07, 6.45) is 5.21. The smallest absolute Gasteiger partial charge is 0.277 e. The summed E-state index contributed by atoms with van der Waals surface area (Å²) in [6, 6.07) is 6.36. The molecule has 2 aromatic heterocycles. The van der Waals surface area contributed by atoms with Crippen molar-refractivity contribution < 1.29 is 13.9 Å². The average molecular weight is 443 g/mol. The van der Waals surface area contributed by atoms with Crippen LogP contribution >= 0.6 is 11.3 Å². The number of aromatic nitrogens is 2. The van der Waals surface area contributed by atoms with Gasteiger partial charge in [0.05, 0.1) is 24.7 Å². The molecule has 0 aliphatic carbocycles. The molecule has 1 aliphatic rings. The molecule has 10 heteroatoms. The second kappa shape index (κ2) is 8.86. The molecule has 0 spiro atoms. The number of benzene rings is 1. The Morgan fingerprint density at radius 1 is 1.39 bits per heavy atom. The largest absolute Gasteiger partial charge is 0.497 e. The molecule has 1 saturated heterocycles. The molecule has 1 atom stereocenters. The van der Waals surface area contributed by atoms with Crippen molar-refractivity contribution in [2.45, 2.75) is 18.9 Å². The lowest BCUT2D eigenvalue weighted by Gasteiger charge is -2.33. The van der Waals surface area contributed by atoms with Gasteiger partial charge in [0, 0.05) is 37.0 Å². The van der Waals surface area contributed by atoms with Crippen LogP contribution in [0.5, 0.6) is 5.75 Å². The molecule has 4 rings (SSSR count). The molecule has 3 heterocycles. The topological polar surface area (TPSA) is 119 Å². The molecule has 5 N–H and O–H groups in total. The minimum Gasteiger partial charge on any atom is -0.497 e. The van der Waals surface area contributed by atoms with Crippen molar-refractivity contribution in [2.75, 3.05) is 36.1 Å². The first kappa shape index (κ1) is 21.0. The number of ether oxygens (including phenoxy) is 1. The standard InChI is InChI=1S/C21H23FN6O2S/c1-30-13-4-5-14(15(22)9-13)21-27-18(19(24)31-21)20(29)26-16-10-25-7-6-17(16)28-8-2-3-12(23)11-28/h4-7,9-10,12H,2-3,8,11,23-24H2,1H3,(H,26,29)/t12-/m0/s1. The van der Waals surface area contributed by atoms with E-state index in [1.165, 1.54) is 13.2 Å². The lowest BCUT2D eigenvalue weighted by molar-refractivity contribution is 0.102. The molecule has 0 unspecified atom stereocenters. The fourth-order valence-corrected chi connectivity index (χ4v) is 4.43. The number of anilines is 3. The number of nitrogen functional groups attached to an aromatic ring is 1. The van der Waals surface area contributed by atoms with E-state index in [4.69, 9.17) is 16.2 Å². The number of nitrogens with zero attached hydrogens (tertiary/aromatic N) is 3. The van der Waals surface area contributed by atoms with Crippen LogP contribution in [0.3, 0.4) is 0 Å². The molecule has 162 valence electrons. The van der Waals surface area contributed by atoms with Gasteiger partial charge in [0.15, 0.2) is 5.69 Å². The molecule has 0 saturated carbocycles. The second-order valence-corrected chi connectivity index (χ2v) is 8.30. The van der Waals surface area contributed by atoms with Crippen molar-refractivity contribution in [2.24, 2.45) is 5.73 Å². The van der Waals surface area contributed by atoms with Gasteiger partial charge in [0.25, 0.3) is 5.91 Å². The van der Waals surface area contributed by atoms with Crippen molar-refractivity contribution in [1.29, 1.82) is 0 Å². The molecular weight excluding hydrogens is 419 g/mol. The predicted molar refractivity (Wildman–Crippen MR) is 120 cm³/mol. The summed E-state index contributed by atoms with van der Waals surface area (Å²) in [6.45, 7) is 1.55. The zero-order valence-electron chi connectivity index (χ0n) is 17.0. The Morgan fingerprint density at radius 3 is 2.97 bits per heavy atom. The number of rotatable bonds is 5. The zero-order valence-corrected chi connectivity index (χ0v) is 17.8. The highest BCUT2D eigenvalue weighted by Crippen LogP contribution is 2.34. The molecular formula is C21H23FN6O2S. The number of methoxy groups -OCH3 is 1. The summed E-state index contributed by atoms with van der Waals surface area (Å²) in [4.78, 5) is 23.5. The molecule has 3 aromatic rings. The quantitative estimate of drug-likeness (QED) is 0.555. The van der Waals surface area contributed by atoms with Gasteiger partial charge in [-0.05, 0) is 31.0 Å². The number of thiazole rings is 1. The first-order chi connectivity index (χ1) is 15.0. The van der Waals surface area contributed by atoms with Gasteiger partial charge in [0.1, 0.15) is 21.6 Å². The predicted octanol–water partition coefficient (Wildman–Crippen LogP) is 3.11. The summed E-state index contributed by atoms with van der Waals surface area (Å²) in [5.74, 6) is -0.592. The van der Waals surface area contributed by atoms with Crippen molar-refractivity contribution in [3.05, 3.63) is 48.2 Å². The van der Waals surface area contributed by atoms with Crippen LogP contribution in [0.4, 0.5) is 20.8 Å². The van der Waals surface area contributed by atoms with Crippen molar-refractivity contribution in [1.82, 2.24) is 9.97 Å². The van der Waals surface area contributed by atoms with E-state index < -0.39 is 11.7 Å². The van der Waals surface area contributed by atoms with Crippen LogP contribution in [-0.4, -0.2) is 42.1 Å². The van der Waals surface area contributed by atoms with E-state index in [-0.39, 0.29) is 22.3 Å². The summed E-state index contributed by atoms with van der Waals surface area (Å²) >= 11 is 1.05. The number of pyridine rings is 1. The van der Waals surface area contributed by atoms with Gasteiger partial charge < -0.3 is 26.4 Å². The van der Waals surface area contributed by atoms with Gasteiger partial charge in [-0.25, -0.2) is 9.37 Å². The number of nitrogens with two attached hydrogens (primary N) is 2. The fraction of sp³-hybridized carbons (Fsp3) is 0.286. The minimum absolute atomic E-state index is 0.0420. The number of amides is 1. The van der Waals surface area contributed by atoms with E-state index in [1.54, 1.807) is 24.5 Å². The van der Waals surface area contributed by atoms with Crippen LogP contribution in [0.1, 0.15) is 23.3 Å². The lowest BCUT2D eigenvalue weighted by Crippen LogP contribution is -2.43. The summed E-state index contributed by atoms with van der Waals surface area (Å²) in [5, 5.41) is 3.36. The number of hydrogen-bond acceptors (Lipinski definition) is 8. The Labute approximate surface area is 183 Å². The molecule has 0 radical (unpaired) electrons. The van der Waals surface area contributed by atoms with Crippen molar-refractivity contribution in [3.63, 3.8) is 0 Å². The van der Waals surface area contributed by atoms with Gasteiger partial charge in [-0.3, -0.25) is 9.78 Å². The van der Waals surface area contributed by atoms with Crippen LogP contribution in [-0.2, 0) is 0 Å². The number of halogens is 1. The molecule has 0 bridgehead atoms. The maximum Gasteiger partial charge on any atom is 0.277 e. The summed E-state index contributed by atoms with van der Waals surface area (Å²) in [5.41, 5.74) is 13.8. The van der Waals surface area contributed by atoms with Gasteiger partial charge in [-0.15, -0.1) is 0 Å². The number of carbonyl (C=O) groups is 1. The normalized spacial score (nSPS) is 16.2. The lowest BCUT2D eigenvalue weighted by atomic mass is 10.1. The first-order valence-corrected chi connectivity index (χ1v) is 10.6. The van der Waals surface area contributed by atoms with E-state index in [0.29, 0.717) is 23.0 Å². The maximum absolute atomic E-state index is 14.4. The average Bonchev–Trinajstić information content (AvgIpc) is 3.15. The monoisotopic (exact) mass is 442 g/mol. The molecule has 1 fully saturated rings. The minimum atomic E-state index is -0.504. The number of hydrogen-bond donors (Lipinski definition) is 3. The summed E-state index contributed by atoms with van der Waals surface area (Å²) in [7, 11) is 1.46. The zero-order chi connectivity index (χ0) is 22.0. The first-order valence-electron chi connectivity index (χ1n) is 9.82. The number of piperidine rings is 1. The van der Waals surface area contributed by atoms with Crippen LogP contribution in [0.15, 0.2) is 36.7 Å². The Bertz CT molecular complexity index is 1110. The number of nitrogens with one attached hydrogen (secondary N) is 1. The highest BCUT2D eigenvalue weighted by molar-refractivity contribution is 7.19. The third-order valence-electron chi connectivity index (χ3n) is 5.12.